The number of benzene rings is 1. The predicted molar refractivity (Wildman–Crippen MR) is 90.6 cm³/mol. The van der Waals surface area contributed by atoms with Crippen molar-refractivity contribution in [3.63, 3.8) is 0 Å². The minimum Gasteiger partial charge on any atom is -0.371 e. The molecule has 1 N–H and O–H groups in total. The highest BCUT2D eigenvalue weighted by atomic mass is 79.9. The van der Waals surface area contributed by atoms with Gasteiger partial charge < -0.3 is 15.1 Å². The second kappa shape index (κ2) is 5.89. The highest BCUT2D eigenvalue weighted by Crippen LogP contribution is 2.38. The van der Waals surface area contributed by atoms with Gasteiger partial charge in [-0.15, -0.1) is 0 Å². The van der Waals surface area contributed by atoms with Gasteiger partial charge in [0.2, 0.25) is 5.95 Å². The summed E-state index contributed by atoms with van der Waals surface area (Å²) in [6.07, 6.45) is 1.81. The summed E-state index contributed by atoms with van der Waals surface area (Å²) in [6.45, 7) is 4.70. The fraction of sp³-hybridized carbons (Fsp3) is 0.333. The summed E-state index contributed by atoms with van der Waals surface area (Å²) in [5, 5.41) is 3.17. The molecule has 0 bridgehead atoms. The van der Waals surface area contributed by atoms with Crippen LogP contribution in [-0.2, 0) is 0 Å². The molecule has 5 nitrogen and oxygen atoms in total. The van der Waals surface area contributed by atoms with Crippen molar-refractivity contribution in [1.82, 2.24) is 9.97 Å². The van der Waals surface area contributed by atoms with E-state index in [0.29, 0.717) is 5.95 Å². The molecule has 0 unspecified atom stereocenters. The predicted octanol–water partition coefficient (Wildman–Crippen LogP) is 3.26. The van der Waals surface area contributed by atoms with Gasteiger partial charge in [0.1, 0.15) is 0 Å². The van der Waals surface area contributed by atoms with Crippen LogP contribution >= 0.6 is 15.9 Å². The van der Waals surface area contributed by atoms with Crippen molar-refractivity contribution in [2.75, 3.05) is 41.8 Å². The van der Waals surface area contributed by atoms with Crippen molar-refractivity contribution < 1.29 is 0 Å². The topological polar surface area (TPSA) is 44.3 Å². The smallest absolute Gasteiger partial charge is 0.224 e. The molecule has 1 aromatic carbocycles. The summed E-state index contributed by atoms with van der Waals surface area (Å²) in [7, 11) is 2.12. The van der Waals surface area contributed by atoms with Crippen LogP contribution in [0.5, 0.6) is 0 Å². The molecule has 2 heterocycles. The highest BCUT2D eigenvalue weighted by molar-refractivity contribution is 9.10. The molecule has 0 saturated carbocycles. The fourth-order valence-corrected chi connectivity index (χ4v) is 2.92. The molecule has 3 rings (SSSR count). The van der Waals surface area contributed by atoms with E-state index in [1.807, 2.05) is 6.92 Å². The number of anilines is 4. The van der Waals surface area contributed by atoms with Crippen molar-refractivity contribution in [2.45, 2.75) is 6.92 Å². The lowest BCUT2D eigenvalue weighted by atomic mass is 10.2. The van der Waals surface area contributed by atoms with Crippen LogP contribution in [0.15, 0.2) is 34.9 Å². The first-order valence-electron chi connectivity index (χ1n) is 7.05. The first-order valence-corrected chi connectivity index (χ1v) is 7.84. The molecule has 1 aliphatic heterocycles. The highest BCUT2D eigenvalue weighted by Gasteiger charge is 2.23. The van der Waals surface area contributed by atoms with Crippen LogP contribution in [-0.4, -0.2) is 36.6 Å². The molecule has 0 saturated heterocycles. The number of nitrogens with zero attached hydrogens (tertiary/aromatic N) is 4. The Morgan fingerprint density at radius 3 is 2.76 bits per heavy atom. The molecule has 1 aliphatic rings. The maximum atomic E-state index is 4.65. The van der Waals surface area contributed by atoms with Crippen molar-refractivity contribution in [1.29, 1.82) is 0 Å². The average Bonchev–Trinajstić information content (AvgIpc) is 2.51. The number of likely N-dealkylation sites (N-methyl/N-ethyl adjacent to an activating group) is 1. The molecular formula is C15H18BrN5. The van der Waals surface area contributed by atoms with Crippen LogP contribution in [0.3, 0.4) is 0 Å². The number of nitrogens with one attached hydrogen (secondary N) is 1. The van der Waals surface area contributed by atoms with E-state index in [2.05, 4.69) is 72.3 Å². The number of rotatable bonds is 3. The number of hydrogen-bond donors (Lipinski definition) is 1. The molecule has 110 valence electrons. The van der Waals surface area contributed by atoms with Crippen LogP contribution in [0.4, 0.5) is 23.1 Å². The standard InChI is InChI=1S/C15H18BrN5/c1-3-17-15-18-10-11(16)14(19-15)21-9-8-20(2)12-6-4-5-7-13(12)21/h4-7,10H,3,8-9H2,1-2H3,(H,17,18,19). The van der Waals surface area contributed by atoms with Crippen LogP contribution in [0.2, 0.25) is 0 Å². The Bertz CT molecular complexity index is 646. The monoisotopic (exact) mass is 347 g/mol. The minimum atomic E-state index is 0.659. The van der Waals surface area contributed by atoms with Crippen molar-refractivity contribution in [3.8, 4) is 0 Å². The third-order valence-electron chi connectivity index (χ3n) is 3.56. The Morgan fingerprint density at radius 1 is 1.24 bits per heavy atom. The lowest BCUT2D eigenvalue weighted by Gasteiger charge is -2.36. The van der Waals surface area contributed by atoms with Crippen LogP contribution < -0.4 is 15.1 Å². The Balaban J connectivity index is 2.05. The van der Waals surface area contributed by atoms with E-state index in [-0.39, 0.29) is 0 Å². The van der Waals surface area contributed by atoms with E-state index in [4.69, 9.17) is 0 Å². The lowest BCUT2D eigenvalue weighted by molar-refractivity contribution is 0.810. The Labute approximate surface area is 133 Å². The third kappa shape index (κ3) is 2.68. The van der Waals surface area contributed by atoms with E-state index >= 15 is 0 Å². The van der Waals surface area contributed by atoms with Crippen LogP contribution in [0, 0.1) is 0 Å². The van der Waals surface area contributed by atoms with E-state index in [9.17, 15) is 0 Å². The zero-order chi connectivity index (χ0) is 14.8. The van der Waals surface area contributed by atoms with Gasteiger partial charge in [-0.25, -0.2) is 4.98 Å². The molecule has 6 heteroatoms. The number of aromatic nitrogens is 2. The average molecular weight is 348 g/mol. The van der Waals surface area contributed by atoms with E-state index in [0.717, 1.165) is 29.9 Å². The normalized spacial score (nSPS) is 14.0. The zero-order valence-electron chi connectivity index (χ0n) is 12.2. The maximum Gasteiger partial charge on any atom is 0.224 e. The first-order chi connectivity index (χ1) is 10.2. The number of halogens is 1. The lowest BCUT2D eigenvalue weighted by Crippen LogP contribution is -2.37. The molecule has 0 spiro atoms. The van der Waals surface area contributed by atoms with Crippen LogP contribution in [0.1, 0.15) is 6.92 Å². The maximum absolute atomic E-state index is 4.65. The second-order valence-electron chi connectivity index (χ2n) is 4.96. The van der Waals surface area contributed by atoms with Crippen molar-refractivity contribution in [2.24, 2.45) is 0 Å². The van der Waals surface area contributed by atoms with Gasteiger partial charge in [0, 0.05) is 32.9 Å². The van der Waals surface area contributed by atoms with Gasteiger partial charge in [-0.2, -0.15) is 4.98 Å². The van der Waals surface area contributed by atoms with E-state index in [1.54, 1.807) is 6.20 Å². The van der Waals surface area contributed by atoms with Gasteiger partial charge in [0.05, 0.1) is 15.8 Å². The summed E-state index contributed by atoms with van der Waals surface area (Å²) >= 11 is 3.58. The van der Waals surface area contributed by atoms with Gasteiger partial charge in [-0.1, -0.05) is 12.1 Å². The SMILES string of the molecule is CCNc1ncc(Br)c(N2CCN(C)c3ccccc32)n1. The third-order valence-corrected chi connectivity index (χ3v) is 4.12. The molecular weight excluding hydrogens is 330 g/mol. The quantitative estimate of drug-likeness (QED) is 0.923. The minimum absolute atomic E-state index is 0.659. The van der Waals surface area contributed by atoms with Gasteiger partial charge in [-0.05, 0) is 35.0 Å². The van der Waals surface area contributed by atoms with Crippen molar-refractivity contribution >= 4 is 39.1 Å². The summed E-state index contributed by atoms with van der Waals surface area (Å²) in [4.78, 5) is 13.4. The molecule has 0 radical (unpaired) electrons. The molecule has 1 aromatic heterocycles. The molecule has 0 atom stereocenters. The second-order valence-corrected chi connectivity index (χ2v) is 5.81. The summed E-state index contributed by atoms with van der Waals surface area (Å²) in [6, 6.07) is 8.40. The van der Waals surface area contributed by atoms with Gasteiger partial charge >= 0.3 is 0 Å². The first kappa shape index (κ1) is 14.1. The van der Waals surface area contributed by atoms with E-state index < -0.39 is 0 Å². The van der Waals surface area contributed by atoms with Crippen LogP contribution in [0.25, 0.3) is 0 Å². The van der Waals surface area contributed by atoms with Gasteiger partial charge in [0.15, 0.2) is 5.82 Å². The Kier molecular flexibility index (Phi) is 3.96. The molecule has 0 aliphatic carbocycles. The van der Waals surface area contributed by atoms with Gasteiger partial charge in [-0.3, -0.25) is 0 Å². The zero-order valence-corrected chi connectivity index (χ0v) is 13.8. The molecule has 21 heavy (non-hydrogen) atoms. The summed E-state index contributed by atoms with van der Waals surface area (Å²) in [5.74, 6) is 1.56. The molecule has 0 amide bonds. The number of hydrogen-bond acceptors (Lipinski definition) is 5. The van der Waals surface area contributed by atoms with Gasteiger partial charge in [0.25, 0.3) is 0 Å². The summed E-state index contributed by atoms with van der Waals surface area (Å²) < 4.78 is 0.906. The summed E-state index contributed by atoms with van der Waals surface area (Å²) in [5.41, 5.74) is 2.40. The van der Waals surface area contributed by atoms with E-state index in [1.165, 1.54) is 11.4 Å². The largest absolute Gasteiger partial charge is 0.371 e. The Morgan fingerprint density at radius 2 is 2.00 bits per heavy atom. The number of fused-ring (bicyclic) bond motifs is 1. The Hall–Kier alpha value is -1.82. The molecule has 0 fully saturated rings. The fourth-order valence-electron chi connectivity index (χ4n) is 2.52. The van der Waals surface area contributed by atoms with Crippen molar-refractivity contribution in [3.05, 3.63) is 34.9 Å². The molecule has 2 aromatic rings. The number of para-hydroxylation sites is 2.